The molecule has 1 aromatic carbocycles. The maximum absolute atomic E-state index is 9.60. The van der Waals surface area contributed by atoms with Gasteiger partial charge in [-0.15, -0.1) is 0 Å². The molecule has 21 heavy (non-hydrogen) atoms. The fourth-order valence-corrected chi connectivity index (χ4v) is 3.36. The zero-order valence-electron chi connectivity index (χ0n) is 12.5. The van der Waals surface area contributed by atoms with E-state index in [4.69, 9.17) is 14.2 Å². The predicted molar refractivity (Wildman–Crippen MR) is 78.7 cm³/mol. The smallest absolute Gasteiger partial charge is 0.195 e. The zero-order chi connectivity index (χ0) is 14.7. The summed E-state index contributed by atoms with van der Waals surface area (Å²) in [6, 6.07) is 10.1. The van der Waals surface area contributed by atoms with Crippen LogP contribution < -0.4 is 0 Å². The maximum Gasteiger partial charge on any atom is 0.195 e. The van der Waals surface area contributed by atoms with Crippen LogP contribution in [-0.4, -0.2) is 36.3 Å². The molecule has 0 unspecified atom stereocenters. The molecule has 1 aromatic rings. The minimum atomic E-state index is -0.667. The van der Waals surface area contributed by atoms with Crippen LogP contribution >= 0.6 is 0 Å². The lowest BCUT2D eigenvalue weighted by Gasteiger charge is -2.40. The van der Waals surface area contributed by atoms with E-state index in [1.54, 1.807) is 0 Å². The molecule has 2 heterocycles. The minimum absolute atomic E-state index is 0.0148. The van der Waals surface area contributed by atoms with Crippen molar-refractivity contribution in [3.8, 4) is 0 Å². The average molecular weight is 292 g/mol. The van der Waals surface area contributed by atoms with E-state index in [-0.39, 0.29) is 24.7 Å². The maximum atomic E-state index is 9.60. The highest BCUT2D eigenvalue weighted by Gasteiger charge is 2.53. The van der Waals surface area contributed by atoms with Crippen molar-refractivity contribution in [2.24, 2.45) is 5.92 Å². The second-order valence-corrected chi connectivity index (χ2v) is 6.10. The summed E-state index contributed by atoms with van der Waals surface area (Å²) in [6.45, 7) is 3.16. The lowest BCUT2D eigenvalue weighted by atomic mass is 9.92. The Balaban J connectivity index is 1.71. The Morgan fingerprint density at radius 1 is 1.33 bits per heavy atom. The third-order valence-electron chi connectivity index (χ3n) is 4.45. The van der Waals surface area contributed by atoms with Crippen LogP contribution in [0.15, 0.2) is 30.3 Å². The minimum Gasteiger partial charge on any atom is -0.396 e. The quantitative estimate of drug-likeness (QED) is 0.926. The lowest BCUT2D eigenvalue weighted by Crippen LogP contribution is -2.50. The third-order valence-corrected chi connectivity index (χ3v) is 4.45. The highest BCUT2D eigenvalue weighted by atomic mass is 16.7. The van der Waals surface area contributed by atoms with Crippen LogP contribution in [0.2, 0.25) is 0 Å². The molecule has 3 rings (SSSR count). The number of ether oxygens (including phenoxy) is 3. The van der Waals surface area contributed by atoms with E-state index >= 15 is 0 Å². The van der Waals surface area contributed by atoms with Gasteiger partial charge < -0.3 is 19.3 Å². The Labute approximate surface area is 126 Å². The molecule has 4 nitrogen and oxygen atoms in total. The highest BCUT2D eigenvalue weighted by molar-refractivity contribution is 5.13. The van der Waals surface area contributed by atoms with E-state index in [1.165, 1.54) is 0 Å². The molecule has 0 bridgehead atoms. The van der Waals surface area contributed by atoms with Crippen LogP contribution in [0.3, 0.4) is 0 Å². The van der Waals surface area contributed by atoms with Gasteiger partial charge in [-0.05, 0) is 25.3 Å². The molecule has 4 atom stereocenters. The summed E-state index contributed by atoms with van der Waals surface area (Å²) in [5.41, 5.74) is 1.13. The summed E-state index contributed by atoms with van der Waals surface area (Å²) in [4.78, 5) is 0. The van der Waals surface area contributed by atoms with Crippen molar-refractivity contribution in [3.05, 3.63) is 35.9 Å². The van der Waals surface area contributed by atoms with Gasteiger partial charge in [0.15, 0.2) is 5.79 Å². The van der Waals surface area contributed by atoms with Gasteiger partial charge >= 0.3 is 0 Å². The molecule has 116 valence electrons. The van der Waals surface area contributed by atoms with E-state index in [1.807, 2.05) is 30.3 Å². The SMILES string of the molecule is C[C@H]1CCC[C@]2(OC[C@H](CO)[C@@H]2OCc2ccccc2)O1. The molecular formula is C17H24O4. The van der Waals surface area contributed by atoms with Gasteiger partial charge in [-0.1, -0.05) is 30.3 Å². The van der Waals surface area contributed by atoms with Crippen LogP contribution in [0.25, 0.3) is 0 Å². The van der Waals surface area contributed by atoms with Crippen molar-refractivity contribution in [1.82, 2.24) is 0 Å². The Morgan fingerprint density at radius 3 is 2.86 bits per heavy atom. The molecule has 0 aliphatic carbocycles. The van der Waals surface area contributed by atoms with Gasteiger partial charge in [0, 0.05) is 12.3 Å². The molecule has 0 saturated carbocycles. The number of hydrogen-bond acceptors (Lipinski definition) is 4. The predicted octanol–water partition coefficient (Wildman–Crippen LogP) is 2.50. The largest absolute Gasteiger partial charge is 0.396 e. The number of hydrogen-bond donors (Lipinski definition) is 1. The van der Waals surface area contributed by atoms with Gasteiger partial charge in [0.25, 0.3) is 0 Å². The van der Waals surface area contributed by atoms with Gasteiger partial charge in [0.1, 0.15) is 6.10 Å². The van der Waals surface area contributed by atoms with E-state index < -0.39 is 5.79 Å². The van der Waals surface area contributed by atoms with Crippen molar-refractivity contribution in [3.63, 3.8) is 0 Å². The first kappa shape index (κ1) is 15.0. The van der Waals surface area contributed by atoms with Crippen molar-refractivity contribution in [2.45, 2.75) is 50.8 Å². The molecule has 0 aromatic heterocycles. The molecule has 2 aliphatic rings. The Hall–Kier alpha value is -0.940. The van der Waals surface area contributed by atoms with Crippen LogP contribution in [-0.2, 0) is 20.8 Å². The second kappa shape index (κ2) is 6.44. The normalized spacial score (nSPS) is 36.2. The molecule has 1 spiro atoms. The average Bonchev–Trinajstić information content (AvgIpc) is 2.83. The van der Waals surface area contributed by atoms with E-state index in [2.05, 4.69) is 6.92 Å². The van der Waals surface area contributed by atoms with Gasteiger partial charge in [0.05, 0.1) is 25.9 Å². The van der Waals surface area contributed by atoms with E-state index in [9.17, 15) is 5.11 Å². The van der Waals surface area contributed by atoms with Gasteiger partial charge in [-0.2, -0.15) is 0 Å². The number of aliphatic hydroxyl groups is 1. The summed E-state index contributed by atoms with van der Waals surface area (Å²) in [5.74, 6) is -0.682. The van der Waals surface area contributed by atoms with Crippen LogP contribution in [0.1, 0.15) is 31.7 Å². The van der Waals surface area contributed by atoms with Crippen molar-refractivity contribution in [2.75, 3.05) is 13.2 Å². The Kier molecular flexibility index (Phi) is 4.60. The zero-order valence-corrected chi connectivity index (χ0v) is 12.5. The van der Waals surface area contributed by atoms with Crippen LogP contribution in [0.5, 0.6) is 0 Å². The molecule has 0 radical (unpaired) electrons. The van der Waals surface area contributed by atoms with E-state index in [0.29, 0.717) is 13.2 Å². The molecular weight excluding hydrogens is 268 g/mol. The highest BCUT2D eigenvalue weighted by Crippen LogP contribution is 2.42. The summed E-state index contributed by atoms with van der Waals surface area (Å²) >= 11 is 0. The van der Waals surface area contributed by atoms with Gasteiger partial charge in [-0.25, -0.2) is 0 Å². The first-order chi connectivity index (χ1) is 10.2. The second-order valence-electron chi connectivity index (χ2n) is 6.10. The summed E-state index contributed by atoms with van der Waals surface area (Å²) in [7, 11) is 0. The Morgan fingerprint density at radius 2 is 2.14 bits per heavy atom. The molecule has 2 saturated heterocycles. The lowest BCUT2D eigenvalue weighted by molar-refractivity contribution is -0.293. The number of aliphatic hydroxyl groups excluding tert-OH is 1. The summed E-state index contributed by atoms with van der Waals surface area (Å²) < 4.78 is 18.2. The van der Waals surface area contributed by atoms with Gasteiger partial charge in [0.2, 0.25) is 0 Å². The standard InChI is InChI=1S/C17H24O4/c1-13-6-5-9-17(21-13)16(15(10-18)12-20-17)19-11-14-7-3-2-4-8-14/h2-4,7-8,13,15-16,18H,5-6,9-12H2,1H3/t13-,15-,16-,17-/m0/s1. The Bertz CT molecular complexity index is 449. The van der Waals surface area contributed by atoms with Gasteiger partial charge in [-0.3, -0.25) is 0 Å². The summed E-state index contributed by atoms with van der Waals surface area (Å²) in [6.07, 6.45) is 2.95. The summed E-state index contributed by atoms with van der Waals surface area (Å²) in [5, 5.41) is 9.60. The van der Waals surface area contributed by atoms with Crippen LogP contribution in [0.4, 0.5) is 0 Å². The van der Waals surface area contributed by atoms with Crippen molar-refractivity contribution in [1.29, 1.82) is 0 Å². The molecule has 1 N–H and O–H groups in total. The van der Waals surface area contributed by atoms with Crippen molar-refractivity contribution < 1.29 is 19.3 Å². The topological polar surface area (TPSA) is 47.9 Å². The monoisotopic (exact) mass is 292 g/mol. The fourth-order valence-electron chi connectivity index (χ4n) is 3.36. The first-order valence-corrected chi connectivity index (χ1v) is 7.82. The molecule has 0 amide bonds. The molecule has 2 fully saturated rings. The first-order valence-electron chi connectivity index (χ1n) is 7.82. The number of benzene rings is 1. The third kappa shape index (κ3) is 3.14. The fraction of sp³-hybridized carbons (Fsp3) is 0.647. The molecule has 4 heteroatoms. The van der Waals surface area contributed by atoms with Crippen molar-refractivity contribution >= 4 is 0 Å². The number of rotatable bonds is 4. The van der Waals surface area contributed by atoms with E-state index in [0.717, 1.165) is 24.8 Å². The van der Waals surface area contributed by atoms with Crippen LogP contribution in [0, 0.1) is 5.92 Å². The molecule has 2 aliphatic heterocycles.